The standard InChI is InChI=1S/C16H19N5O4S/c22-12(19-11-2-10-26-13(11)16(24)25)1-5-20-6-8-21(9-7-20)14-15(23)18-4-3-17-14/h2-4,10H,1,5-9H2,(H,18,23)(H,19,22)(H,24,25). The van der Waals surface area contributed by atoms with E-state index in [1.165, 1.54) is 6.20 Å². The van der Waals surface area contributed by atoms with Gasteiger partial charge < -0.3 is 20.3 Å². The first kappa shape index (κ1) is 18.1. The number of piperazine rings is 1. The van der Waals surface area contributed by atoms with Crippen molar-refractivity contribution in [3.63, 3.8) is 0 Å². The summed E-state index contributed by atoms with van der Waals surface area (Å²) in [6.45, 7) is 3.35. The van der Waals surface area contributed by atoms with Crippen molar-refractivity contribution in [2.24, 2.45) is 0 Å². The molecule has 0 saturated carbocycles. The number of carboxylic acid groups (broad SMARTS) is 1. The molecule has 9 nitrogen and oxygen atoms in total. The lowest BCUT2D eigenvalue weighted by molar-refractivity contribution is -0.116. The zero-order valence-electron chi connectivity index (χ0n) is 14.0. The van der Waals surface area contributed by atoms with E-state index in [0.717, 1.165) is 24.4 Å². The molecule has 0 unspecified atom stereocenters. The van der Waals surface area contributed by atoms with Gasteiger partial charge in [0.2, 0.25) is 5.91 Å². The maximum absolute atomic E-state index is 12.1. The van der Waals surface area contributed by atoms with Gasteiger partial charge in [-0.1, -0.05) is 0 Å². The van der Waals surface area contributed by atoms with Crippen LogP contribution in [0.15, 0.2) is 28.6 Å². The third-order valence-electron chi connectivity index (χ3n) is 4.15. The van der Waals surface area contributed by atoms with Crippen molar-refractivity contribution in [3.05, 3.63) is 39.1 Å². The summed E-state index contributed by atoms with van der Waals surface area (Å²) in [5.74, 6) is -0.839. The van der Waals surface area contributed by atoms with Crippen LogP contribution in [0.4, 0.5) is 11.5 Å². The van der Waals surface area contributed by atoms with Gasteiger partial charge in [0.25, 0.3) is 5.56 Å². The predicted molar refractivity (Wildman–Crippen MR) is 98.0 cm³/mol. The molecule has 2 aromatic rings. The van der Waals surface area contributed by atoms with Crippen LogP contribution in [0.1, 0.15) is 16.1 Å². The minimum atomic E-state index is -1.05. The molecule has 2 aromatic heterocycles. The van der Waals surface area contributed by atoms with Crippen molar-refractivity contribution in [2.75, 3.05) is 42.9 Å². The third-order valence-corrected chi connectivity index (χ3v) is 5.05. The minimum Gasteiger partial charge on any atom is -0.477 e. The molecule has 138 valence electrons. The fourth-order valence-electron chi connectivity index (χ4n) is 2.80. The molecule has 0 bridgehead atoms. The number of hydrogen-bond donors (Lipinski definition) is 3. The van der Waals surface area contributed by atoms with Crippen molar-refractivity contribution < 1.29 is 14.7 Å². The maximum Gasteiger partial charge on any atom is 0.348 e. The molecule has 0 radical (unpaired) electrons. The number of aromatic amines is 1. The van der Waals surface area contributed by atoms with Crippen LogP contribution in [-0.4, -0.2) is 64.6 Å². The van der Waals surface area contributed by atoms with Crippen LogP contribution in [-0.2, 0) is 4.79 Å². The zero-order valence-corrected chi connectivity index (χ0v) is 14.8. The number of nitrogens with one attached hydrogen (secondary N) is 2. The van der Waals surface area contributed by atoms with Crippen LogP contribution < -0.4 is 15.8 Å². The molecule has 3 rings (SSSR count). The Morgan fingerprint density at radius 2 is 2.08 bits per heavy atom. The Morgan fingerprint density at radius 3 is 2.77 bits per heavy atom. The SMILES string of the molecule is O=C(CCN1CCN(c2ncc[nH]c2=O)CC1)Nc1ccsc1C(=O)O. The van der Waals surface area contributed by atoms with Gasteiger partial charge in [0, 0.05) is 51.5 Å². The molecule has 0 atom stereocenters. The van der Waals surface area contributed by atoms with E-state index >= 15 is 0 Å². The molecule has 26 heavy (non-hydrogen) atoms. The molecule has 10 heteroatoms. The Morgan fingerprint density at radius 1 is 1.31 bits per heavy atom. The summed E-state index contributed by atoms with van der Waals surface area (Å²) in [7, 11) is 0. The first-order chi connectivity index (χ1) is 12.5. The first-order valence-corrected chi connectivity index (χ1v) is 9.04. The summed E-state index contributed by atoms with van der Waals surface area (Å²) >= 11 is 1.08. The molecule has 0 aromatic carbocycles. The number of carbonyl (C=O) groups excluding carboxylic acids is 1. The molecule has 3 heterocycles. The fraction of sp³-hybridized carbons (Fsp3) is 0.375. The lowest BCUT2D eigenvalue weighted by Gasteiger charge is -2.34. The number of aromatic nitrogens is 2. The van der Waals surface area contributed by atoms with Crippen LogP contribution in [0.5, 0.6) is 0 Å². The van der Waals surface area contributed by atoms with E-state index in [9.17, 15) is 14.4 Å². The fourth-order valence-corrected chi connectivity index (χ4v) is 3.49. The quantitative estimate of drug-likeness (QED) is 0.677. The Hall–Kier alpha value is -2.72. The van der Waals surface area contributed by atoms with E-state index < -0.39 is 5.97 Å². The van der Waals surface area contributed by atoms with Crippen LogP contribution >= 0.6 is 11.3 Å². The number of anilines is 2. The summed E-state index contributed by atoms with van der Waals surface area (Å²) in [5, 5.41) is 13.3. The minimum absolute atomic E-state index is 0.132. The molecule has 1 aliphatic heterocycles. The van der Waals surface area contributed by atoms with Gasteiger partial charge in [-0.25, -0.2) is 9.78 Å². The van der Waals surface area contributed by atoms with E-state index in [1.807, 2.05) is 4.90 Å². The third kappa shape index (κ3) is 4.27. The number of carboxylic acids is 1. The zero-order chi connectivity index (χ0) is 18.5. The van der Waals surface area contributed by atoms with Gasteiger partial charge >= 0.3 is 5.97 Å². The molecular formula is C16H19N5O4S. The highest BCUT2D eigenvalue weighted by molar-refractivity contribution is 7.12. The van der Waals surface area contributed by atoms with Crippen molar-refractivity contribution in [1.29, 1.82) is 0 Å². The van der Waals surface area contributed by atoms with Crippen molar-refractivity contribution in [3.8, 4) is 0 Å². The van der Waals surface area contributed by atoms with Crippen LogP contribution in [0.25, 0.3) is 0 Å². The van der Waals surface area contributed by atoms with E-state index in [2.05, 4.69) is 20.2 Å². The van der Waals surface area contributed by atoms with E-state index in [0.29, 0.717) is 31.1 Å². The van der Waals surface area contributed by atoms with Gasteiger partial charge in [0.1, 0.15) is 4.88 Å². The molecule has 0 aliphatic carbocycles. The number of rotatable bonds is 6. The second-order valence-corrected chi connectivity index (χ2v) is 6.75. The predicted octanol–water partition coefficient (Wildman–Crippen LogP) is 0.680. The average molecular weight is 377 g/mol. The smallest absolute Gasteiger partial charge is 0.348 e. The Bertz CT molecular complexity index is 841. The number of nitrogens with zero attached hydrogens (tertiary/aromatic N) is 3. The molecule has 1 aliphatic rings. The van der Waals surface area contributed by atoms with Crippen LogP contribution in [0, 0.1) is 0 Å². The highest BCUT2D eigenvalue weighted by Crippen LogP contribution is 2.22. The molecule has 3 N–H and O–H groups in total. The Labute approximate surface area is 153 Å². The monoisotopic (exact) mass is 377 g/mol. The molecule has 1 amide bonds. The first-order valence-electron chi connectivity index (χ1n) is 8.16. The summed E-state index contributed by atoms with van der Waals surface area (Å²) in [4.78, 5) is 45.8. The average Bonchev–Trinajstić information content (AvgIpc) is 3.09. The lowest BCUT2D eigenvalue weighted by atomic mass is 10.2. The number of H-pyrrole nitrogens is 1. The highest BCUT2D eigenvalue weighted by Gasteiger charge is 2.21. The maximum atomic E-state index is 12.1. The topological polar surface area (TPSA) is 119 Å². The lowest BCUT2D eigenvalue weighted by Crippen LogP contribution is -2.48. The van der Waals surface area contributed by atoms with E-state index in [-0.39, 0.29) is 22.8 Å². The van der Waals surface area contributed by atoms with Crippen molar-refractivity contribution in [2.45, 2.75) is 6.42 Å². The van der Waals surface area contributed by atoms with Crippen LogP contribution in [0.2, 0.25) is 0 Å². The van der Waals surface area contributed by atoms with Gasteiger partial charge in [-0.05, 0) is 11.4 Å². The van der Waals surface area contributed by atoms with Crippen LogP contribution in [0.3, 0.4) is 0 Å². The number of carbonyl (C=O) groups is 2. The summed E-state index contributed by atoms with van der Waals surface area (Å²) < 4.78 is 0. The van der Waals surface area contributed by atoms with Crippen molar-refractivity contribution >= 4 is 34.7 Å². The van der Waals surface area contributed by atoms with Gasteiger partial charge in [-0.15, -0.1) is 11.3 Å². The van der Waals surface area contributed by atoms with Gasteiger partial charge in [-0.2, -0.15) is 0 Å². The molecule has 1 saturated heterocycles. The Kier molecular flexibility index (Phi) is 5.64. The summed E-state index contributed by atoms with van der Waals surface area (Å²) in [6, 6.07) is 1.59. The second-order valence-electron chi connectivity index (χ2n) is 5.84. The Balaban J connectivity index is 1.46. The van der Waals surface area contributed by atoms with E-state index in [1.54, 1.807) is 17.6 Å². The number of amides is 1. The number of thiophene rings is 1. The highest BCUT2D eigenvalue weighted by atomic mass is 32.1. The molecule has 0 spiro atoms. The van der Waals surface area contributed by atoms with Gasteiger partial charge in [-0.3, -0.25) is 14.5 Å². The number of aromatic carboxylic acids is 1. The largest absolute Gasteiger partial charge is 0.477 e. The second kappa shape index (κ2) is 8.11. The molecular weight excluding hydrogens is 358 g/mol. The normalized spacial score (nSPS) is 15.0. The summed E-state index contributed by atoms with van der Waals surface area (Å²) in [5.41, 5.74) is 0.136. The van der Waals surface area contributed by atoms with Gasteiger partial charge in [0.05, 0.1) is 5.69 Å². The summed E-state index contributed by atoms with van der Waals surface area (Å²) in [6.07, 6.45) is 3.34. The van der Waals surface area contributed by atoms with Gasteiger partial charge in [0.15, 0.2) is 5.82 Å². The molecule has 1 fully saturated rings. The number of hydrogen-bond acceptors (Lipinski definition) is 7. The van der Waals surface area contributed by atoms with E-state index in [4.69, 9.17) is 5.11 Å². The van der Waals surface area contributed by atoms with Crippen molar-refractivity contribution in [1.82, 2.24) is 14.9 Å².